The van der Waals surface area contributed by atoms with Gasteiger partial charge in [0.05, 0.1) is 10.4 Å². The zero-order valence-electron chi connectivity index (χ0n) is 13.2. The van der Waals surface area contributed by atoms with Crippen LogP contribution in [0.25, 0.3) is 11.1 Å². The summed E-state index contributed by atoms with van der Waals surface area (Å²) in [7, 11) is -2.09. The fourth-order valence-electron chi connectivity index (χ4n) is 3.27. The fraction of sp³-hybridized carbons (Fsp3) is 0.533. The fourth-order valence-corrected chi connectivity index (χ4v) is 5.06. The Bertz CT molecular complexity index is 884. The summed E-state index contributed by atoms with van der Waals surface area (Å²) in [6.45, 7) is 2.78. The maximum Gasteiger partial charge on any atom is 0.419 e. The highest BCUT2D eigenvalue weighted by atomic mass is 32.2. The summed E-state index contributed by atoms with van der Waals surface area (Å²) < 4.78 is 33.9. The van der Waals surface area contributed by atoms with E-state index in [9.17, 15) is 13.2 Å². The van der Waals surface area contributed by atoms with Crippen LogP contribution in [0.4, 0.5) is 0 Å². The van der Waals surface area contributed by atoms with Crippen molar-refractivity contribution in [3.05, 3.63) is 28.7 Å². The molecule has 1 fully saturated rings. The van der Waals surface area contributed by atoms with Crippen molar-refractivity contribution in [2.75, 3.05) is 13.1 Å². The van der Waals surface area contributed by atoms with Gasteiger partial charge in [0.15, 0.2) is 5.58 Å². The molecule has 2 atom stereocenters. The van der Waals surface area contributed by atoms with Gasteiger partial charge in [-0.3, -0.25) is 4.57 Å². The van der Waals surface area contributed by atoms with E-state index in [2.05, 4.69) is 0 Å². The van der Waals surface area contributed by atoms with Crippen molar-refractivity contribution in [3.63, 3.8) is 0 Å². The average molecular weight is 339 g/mol. The van der Waals surface area contributed by atoms with Gasteiger partial charge < -0.3 is 10.2 Å². The molecule has 3 rings (SSSR count). The summed E-state index contributed by atoms with van der Waals surface area (Å²) in [5, 5.41) is 0. The summed E-state index contributed by atoms with van der Waals surface area (Å²) in [5.41, 5.74) is 6.64. The Hall–Kier alpha value is -1.64. The van der Waals surface area contributed by atoms with Crippen molar-refractivity contribution in [2.24, 2.45) is 18.7 Å². The first-order chi connectivity index (χ1) is 10.9. The van der Waals surface area contributed by atoms with Gasteiger partial charge in [0.25, 0.3) is 0 Å². The summed E-state index contributed by atoms with van der Waals surface area (Å²) in [4.78, 5) is 11.7. The van der Waals surface area contributed by atoms with Crippen molar-refractivity contribution in [1.29, 1.82) is 0 Å². The first-order valence-electron chi connectivity index (χ1n) is 7.67. The minimum Gasteiger partial charge on any atom is -0.408 e. The van der Waals surface area contributed by atoms with Crippen LogP contribution in [0.3, 0.4) is 0 Å². The maximum absolute atomic E-state index is 13.0. The Balaban J connectivity index is 2.06. The molecule has 126 valence electrons. The van der Waals surface area contributed by atoms with Gasteiger partial charge in [0, 0.05) is 32.2 Å². The lowest BCUT2D eigenvalue weighted by molar-refractivity contribution is 0.192. The lowest BCUT2D eigenvalue weighted by Gasteiger charge is -2.38. The third kappa shape index (κ3) is 2.60. The Morgan fingerprint density at radius 2 is 2.13 bits per heavy atom. The lowest BCUT2D eigenvalue weighted by atomic mass is 9.93. The van der Waals surface area contributed by atoms with Crippen molar-refractivity contribution >= 4 is 21.1 Å². The number of hydrogen-bond acceptors (Lipinski definition) is 5. The second kappa shape index (κ2) is 5.77. The molecule has 0 radical (unpaired) electrons. The topological polar surface area (TPSA) is 98.5 Å². The second-order valence-corrected chi connectivity index (χ2v) is 7.99. The number of hydrogen-bond donors (Lipinski definition) is 1. The van der Waals surface area contributed by atoms with E-state index in [1.165, 1.54) is 21.0 Å². The average Bonchev–Trinajstić information content (AvgIpc) is 2.81. The number of sulfonamides is 1. The summed E-state index contributed by atoms with van der Waals surface area (Å²) in [6.07, 6.45) is 1.79. The van der Waals surface area contributed by atoms with Gasteiger partial charge in [-0.1, -0.05) is 6.92 Å². The maximum atomic E-state index is 13.0. The number of piperidine rings is 1. The molecule has 2 unspecified atom stereocenters. The number of benzene rings is 1. The van der Waals surface area contributed by atoms with E-state index in [4.69, 9.17) is 10.2 Å². The Morgan fingerprint density at radius 1 is 1.39 bits per heavy atom. The number of aromatic nitrogens is 1. The first-order valence-corrected chi connectivity index (χ1v) is 9.11. The molecule has 1 saturated heterocycles. The number of nitrogens with zero attached hydrogens (tertiary/aromatic N) is 2. The first kappa shape index (κ1) is 16.2. The third-order valence-corrected chi connectivity index (χ3v) is 6.60. The number of oxazole rings is 1. The van der Waals surface area contributed by atoms with Crippen LogP contribution in [-0.2, 0) is 17.1 Å². The van der Waals surface area contributed by atoms with Crippen molar-refractivity contribution in [2.45, 2.75) is 30.7 Å². The normalized spacial score (nSPS) is 23.4. The lowest BCUT2D eigenvalue weighted by Crippen LogP contribution is -2.51. The molecule has 2 heterocycles. The van der Waals surface area contributed by atoms with Gasteiger partial charge in [-0.15, -0.1) is 0 Å². The molecule has 8 heteroatoms. The molecular formula is C15H21N3O4S. The molecule has 2 aromatic rings. The minimum absolute atomic E-state index is 0.131. The molecule has 0 aliphatic carbocycles. The SMILES string of the molecule is CC1CCCN(S(=O)(=O)c2ccc3c(c2)oc(=O)n3C)C1CN. The number of rotatable bonds is 3. The van der Waals surface area contributed by atoms with E-state index in [1.54, 1.807) is 13.1 Å². The molecule has 0 saturated carbocycles. The van der Waals surface area contributed by atoms with Gasteiger partial charge in [0.1, 0.15) is 0 Å². The number of aryl methyl sites for hydroxylation is 1. The van der Waals surface area contributed by atoms with Crippen LogP contribution in [-0.4, -0.2) is 36.4 Å². The van der Waals surface area contributed by atoms with Gasteiger partial charge >= 0.3 is 5.76 Å². The molecule has 7 nitrogen and oxygen atoms in total. The highest BCUT2D eigenvalue weighted by molar-refractivity contribution is 7.89. The van der Waals surface area contributed by atoms with Gasteiger partial charge in [-0.2, -0.15) is 4.31 Å². The molecule has 0 bridgehead atoms. The molecule has 1 aromatic carbocycles. The van der Waals surface area contributed by atoms with Crippen LogP contribution < -0.4 is 11.5 Å². The smallest absolute Gasteiger partial charge is 0.408 e. The quantitative estimate of drug-likeness (QED) is 0.895. The molecule has 0 spiro atoms. The summed E-state index contributed by atoms with van der Waals surface area (Å²) in [6, 6.07) is 4.32. The van der Waals surface area contributed by atoms with Crippen LogP contribution in [0, 0.1) is 5.92 Å². The van der Waals surface area contributed by atoms with E-state index < -0.39 is 15.8 Å². The predicted octanol–water partition coefficient (Wildman–Crippen LogP) is 0.879. The van der Waals surface area contributed by atoms with Crippen LogP contribution >= 0.6 is 0 Å². The van der Waals surface area contributed by atoms with Crippen molar-refractivity contribution in [1.82, 2.24) is 8.87 Å². The molecular weight excluding hydrogens is 318 g/mol. The summed E-state index contributed by atoms with van der Waals surface area (Å²) in [5.74, 6) is -0.289. The zero-order chi connectivity index (χ0) is 16.8. The third-order valence-electron chi connectivity index (χ3n) is 4.68. The highest BCUT2D eigenvalue weighted by Gasteiger charge is 2.36. The zero-order valence-corrected chi connectivity index (χ0v) is 14.0. The molecule has 1 aliphatic rings. The highest BCUT2D eigenvalue weighted by Crippen LogP contribution is 2.29. The molecule has 23 heavy (non-hydrogen) atoms. The van der Waals surface area contributed by atoms with E-state index in [1.807, 2.05) is 6.92 Å². The van der Waals surface area contributed by atoms with Gasteiger partial charge in [-0.05, 0) is 30.9 Å². The van der Waals surface area contributed by atoms with E-state index in [0.29, 0.717) is 18.6 Å². The monoisotopic (exact) mass is 339 g/mol. The Morgan fingerprint density at radius 3 is 2.83 bits per heavy atom. The van der Waals surface area contributed by atoms with E-state index in [-0.39, 0.29) is 22.4 Å². The van der Waals surface area contributed by atoms with Crippen LogP contribution in [0.2, 0.25) is 0 Å². The van der Waals surface area contributed by atoms with Crippen LogP contribution in [0.5, 0.6) is 0 Å². The molecule has 1 aromatic heterocycles. The van der Waals surface area contributed by atoms with E-state index in [0.717, 1.165) is 12.8 Å². The van der Waals surface area contributed by atoms with Gasteiger partial charge in [-0.25, -0.2) is 13.2 Å². The molecule has 2 N–H and O–H groups in total. The van der Waals surface area contributed by atoms with Crippen LogP contribution in [0.15, 0.2) is 32.3 Å². The minimum atomic E-state index is -3.67. The Kier molecular flexibility index (Phi) is 4.07. The summed E-state index contributed by atoms with van der Waals surface area (Å²) >= 11 is 0. The second-order valence-electron chi connectivity index (χ2n) is 6.09. The van der Waals surface area contributed by atoms with E-state index >= 15 is 0 Å². The predicted molar refractivity (Wildman–Crippen MR) is 86.6 cm³/mol. The van der Waals surface area contributed by atoms with Crippen molar-refractivity contribution in [3.8, 4) is 0 Å². The Labute approximate surface area is 134 Å². The van der Waals surface area contributed by atoms with Gasteiger partial charge in [0.2, 0.25) is 10.0 Å². The standard InChI is InChI=1S/C15H21N3O4S/c1-10-4-3-7-18(13(10)9-16)23(20,21)11-5-6-12-14(8-11)22-15(19)17(12)2/h5-6,8,10,13H,3-4,7,9,16H2,1-2H3. The van der Waals surface area contributed by atoms with Crippen molar-refractivity contribution < 1.29 is 12.8 Å². The number of nitrogens with two attached hydrogens (primary N) is 1. The molecule has 0 amide bonds. The molecule has 1 aliphatic heterocycles. The van der Waals surface area contributed by atoms with Crippen LogP contribution in [0.1, 0.15) is 19.8 Å². The largest absolute Gasteiger partial charge is 0.419 e. The number of fused-ring (bicyclic) bond motifs is 1.